The highest BCUT2D eigenvalue weighted by Gasteiger charge is 2.30. The molecule has 0 aromatic rings. The molecule has 1 fully saturated rings. The Labute approximate surface area is 127 Å². The summed E-state index contributed by atoms with van der Waals surface area (Å²) in [5.74, 6) is 0.713. The number of hydrogen-bond donors (Lipinski definition) is 2. The van der Waals surface area contributed by atoms with E-state index in [0.717, 1.165) is 6.42 Å². The van der Waals surface area contributed by atoms with Crippen LogP contribution in [0.3, 0.4) is 0 Å². The van der Waals surface area contributed by atoms with Gasteiger partial charge in [0.25, 0.3) is 0 Å². The summed E-state index contributed by atoms with van der Waals surface area (Å²) in [5.41, 5.74) is 4.89. The number of nitrogens with two attached hydrogens (primary N) is 1. The van der Waals surface area contributed by atoms with Crippen LogP contribution in [0.2, 0.25) is 0 Å². The molecule has 1 aliphatic carbocycles. The third-order valence-corrected chi connectivity index (χ3v) is 3.52. The van der Waals surface area contributed by atoms with Gasteiger partial charge in [-0.15, -0.1) is 0 Å². The summed E-state index contributed by atoms with van der Waals surface area (Å²) in [6, 6.07) is 0. The van der Waals surface area contributed by atoms with Crippen molar-refractivity contribution >= 4 is 6.09 Å². The number of nitrogens with one attached hydrogen (secondary N) is 1. The van der Waals surface area contributed by atoms with Gasteiger partial charge in [-0.3, -0.25) is 0 Å². The first-order chi connectivity index (χ1) is 10.0. The molecule has 0 aromatic carbocycles. The summed E-state index contributed by atoms with van der Waals surface area (Å²) < 4.78 is 15.9. The van der Waals surface area contributed by atoms with Crippen LogP contribution in [0.1, 0.15) is 39.5 Å². The molecule has 0 spiro atoms. The minimum Gasteiger partial charge on any atom is -0.444 e. The van der Waals surface area contributed by atoms with E-state index in [1.54, 1.807) is 0 Å². The van der Waals surface area contributed by atoms with E-state index in [2.05, 4.69) is 5.32 Å². The average molecular weight is 302 g/mol. The molecule has 0 heterocycles. The number of carbonyl (C=O) groups is 1. The smallest absolute Gasteiger partial charge is 0.407 e. The summed E-state index contributed by atoms with van der Waals surface area (Å²) in [7, 11) is 0. The van der Waals surface area contributed by atoms with E-state index in [1.165, 1.54) is 19.3 Å². The van der Waals surface area contributed by atoms with Gasteiger partial charge in [-0.05, 0) is 26.2 Å². The van der Waals surface area contributed by atoms with Crippen molar-refractivity contribution in [1.82, 2.24) is 5.32 Å². The van der Waals surface area contributed by atoms with Gasteiger partial charge in [0.1, 0.15) is 5.60 Å². The molecule has 0 aromatic heterocycles. The molecule has 3 N–H and O–H groups in total. The Morgan fingerprint density at radius 2 is 1.86 bits per heavy atom. The molecule has 1 rings (SSSR count). The largest absolute Gasteiger partial charge is 0.444 e. The van der Waals surface area contributed by atoms with Crippen LogP contribution >= 0.6 is 0 Å². The van der Waals surface area contributed by atoms with Crippen molar-refractivity contribution in [2.24, 2.45) is 11.7 Å². The second kappa shape index (κ2) is 9.97. The minimum atomic E-state index is -0.397. The van der Waals surface area contributed by atoms with Crippen molar-refractivity contribution in [2.75, 3.05) is 39.5 Å². The Balaban J connectivity index is 1.97. The molecule has 0 bridgehead atoms. The molecule has 6 heteroatoms. The molecular weight excluding hydrogens is 272 g/mol. The predicted molar refractivity (Wildman–Crippen MR) is 81.2 cm³/mol. The van der Waals surface area contributed by atoms with Gasteiger partial charge in [0, 0.05) is 13.1 Å². The zero-order chi connectivity index (χ0) is 15.6. The number of rotatable bonds is 11. The zero-order valence-electron chi connectivity index (χ0n) is 13.4. The van der Waals surface area contributed by atoms with Crippen molar-refractivity contribution in [2.45, 2.75) is 45.1 Å². The van der Waals surface area contributed by atoms with Crippen LogP contribution < -0.4 is 11.1 Å². The first kappa shape index (κ1) is 18.2. The third kappa shape index (κ3) is 8.90. The van der Waals surface area contributed by atoms with Gasteiger partial charge in [0.2, 0.25) is 0 Å². The fourth-order valence-corrected chi connectivity index (χ4v) is 2.35. The molecule has 0 unspecified atom stereocenters. The van der Waals surface area contributed by atoms with Crippen LogP contribution in [0.5, 0.6) is 0 Å². The van der Waals surface area contributed by atoms with Crippen molar-refractivity contribution in [3.05, 3.63) is 0 Å². The van der Waals surface area contributed by atoms with Gasteiger partial charge in [-0.25, -0.2) is 4.79 Å². The number of hydrogen-bond acceptors (Lipinski definition) is 5. The van der Waals surface area contributed by atoms with E-state index >= 15 is 0 Å². The molecule has 124 valence electrons. The zero-order valence-corrected chi connectivity index (χ0v) is 13.4. The first-order valence-corrected chi connectivity index (χ1v) is 7.86. The van der Waals surface area contributed by atoms with Crippen LogP contribution in [-0.2, 0) is 14.2 Å². The maximum atomic E-state index is 11.7. The quantitative estimate of drug-likeness (QED) is 0.567. The Hall–Kier alpha value is -0.850. The van der Waals surface area contributed by atoms with E-state index in [9.17, 15) is 4.79 Å². The van der Waals surface area contributed by atoms with Crippen LogP contribution in [0.15, 0.2) is 0 Å². The third-order valence-electron chi connectivity index (χ3n) is 3.52. The lowest BCUT2D eigenvalue weighted by atomic mass is 9.78. The molecule has 0 atom stereocenters. The molecule has 6 nitrogen and oxygen atoms in total. The van der Waals surface area contributed by atoms with E-state index in [0.29, 0.717) is 45.4 Å². The van der Waals surface area contributed by atoms with Crippen molar-refractivity contribution in [3.8, 4) is 0 Å². The lowest BCUT2D eigenvalue weighted by molar-refractivity contribution is 0.00874. The van der Waals surface area contributed by atoms with Gasteiger partial charge in [-0.2, -0.15) is 0 Å². The standard InChI is InChI=1S/C15H30N2O4/c1-15(2,12-13-4-3-5-13)21-14(18)17-7-9-20-11-10-19-8-6-16/h13H,3-12,16H2,1-2H3,(H,17,18). The molecule has 0 saturated heterocycles. The summed E-state index contributed by atoms with van der Waals surface area (Å²) in [4.78, 5) is 11.7. The van der Waals surface area contributed by atoms with E-state index < -0.39 is 5.60 Å². The normalized spacial score (nSPS) is 15.6. The molecule has 21 heavy (non-hydrogen) atoms. The van der Waals surface area contributed by atoms with Gasteiger partial charge in [0.05, 0.1) is 26.4 Å². The Morgan fingerprint density at radius 1 is 1.19 bits per heavy atom. The predicted octanol–water partition coefficient (Wildman–Crippen LogP) is 1.67. The van der Waals surface area contributed by atoms with Gasteiger partial charge in [0.15, 0.2) is 0 Å². The molecule has 1 aliphatic rings. The van der Waals surface area contributed by atoms with Crippen molar-refractivity contribution in [1.29, 1.82) is 0 Å². The van der Waals surface area contributed by atoms with Crippen molar-refractivity contribution < 1.29 is 19.0 Å². The second-order valence-corrected chi connectivity index (χ2v) is 6.09. The highest BCUT2D eigenvalue weighted by atomic mass is 16.6. The maximum absolute atomic E-state index is 11.7. The summed E-state index contributed by atoms with van der Waals surface area (Å²) in [6.45, 7) is 6.92. The number of alkyl carbamates (subject to hydrolysis) is 1. The number of carbonyl (C=O) groups excluding carboxylic acids is 1. The number of ether oxygens (including phenoxy) is 3. The van der Waals surface area contributed by atoms with Crippen LogP contribution in [0.4, 0.5) is 4.79 Å². The maximum Gasteiger partial charge on any atom is 0.407 e. The summed E-state index contributed by atoms with van der Waals surface area (Å²) in [6.07, 6.45) is 4.39. The second-order valence-electron chi connectivity index (χ2n) is 6.09. The van der Waals surface area contributed by atoms with Gasteiger partial charge >= 0.3 is 6.09 Å². The molecule has 1 amide bonds. The lowest BCUT2D eigenvalue weighted by Crippen LogP contribution is -2.38. The molecule has 1 saturated carbocycles. The van der Waals surface area contributed by atoms with Crippen LogP contribution in [0, 0.1) is 5.92 Å². The average Bonchev–Trinajstić information content (AvgIpc) is 2.37. The van der Waals surface area contributed by atoms with E-state index in [-0.39, 0.29) is 6.09 Å². The van der Waals surface area contributed by atoms with Gasteiger partial charge in [-0.1, -0.05) is 19.3 Å². The molecule has 0 aliphatic heterocycles. The Bertz CT molecular complexity index is 293. The van der Waals surface area contributed by atoms with Crippen molar-refractivity contribution in [3.63, 3.8) is 0 Å². The summed E-state index contributed by atoms with van der Waals surface area (Å²) in [5, 5.41) is 2.70. The Morgan fingerprint density at radius 3 is 2.43 bits per heavy atom. The monoisotopic (exact) mass is 302 g/mol. The highest BCUT2D eigenvalue weighted by Crippen LogP contribution is 2.34. The van der Waals surface area contributed by atoms with Crippen LogP contribution in [0.25, 0.3) is 0 Å². The molecule has 0 radical (unpaired) electrons. The lowest BCUT2D eigenvalue weighted by Gasteiger charge is -2.34. The van der Waals surface area contributed by atoms with E-state index in [4.69, 9.17) is 19.9 Å². The fourth-order valence-electron chi connectivity index (χ4n) is 2.35. The first-order valence-electron chi connectivity index (χ1n) is 7.86. The SMILES string of the molecule is CC(C)(CC1CCC1)OC(=O)NCCOCCOCCN. The Kier molecular flexibility index (Phi) is 8.64. The van der Waals surface area contributed by atoms with Crippen LogP contribution in [-0.4, -0.2) is 51.2 Å². The molecular formula is C15H30N2O4. The summed E-state index contributed by atoms with van der Waals surface area (Å²) >= 11 is 0. The minimum absolute atomic E-state index is 0.373. The fraction of sp³-hybridized carbons (Fsp3) is 0.933. The van der Waals surface area contributed by atoms with Gasteiger partial charge < -0.3 is 25.3 Å². The topological polar surface area (TPSA) is 82.8 Å². The number of amides is 1. The van der Waals surface area contributed by atoms with E-state index in [1.807, 2.05) is 13.8 Å². The highest BCUT2D eigenvalue weighted by molar-refractivity contribution is 5.67.